The van der Waals surface area contributed by atoms with Crippen molar-refractivity contribution in [3.05, 3.63) is 93.2 Å². The van der Waals surface area contributed by atoms with Gasteiger partial charge in [-0.1, -0.05) is 38.0 Å². The van der Waals surface area contributed by atoms with E-state index in [9.17, 15) is 18.8 Å². The monoisotopic (exact) mass is 506 g/mol. The van der Waals surface area contributed by atoms with Gasteiger partial charge in [0.2, 0.25) is 12.7 Å². The Morgan fingerprint density at radius 3 is 2.62 bits per heavy atom. The molecule has 2 aromatic carbocycles. The molecule has 0 fully saturated rings. The summed E-state index contributed by atoms with van der Waals surface area (Å²) in [5.41, 5.74) is 2.63. The van der Waals surface area contributed by atoms with Crippen LogP contribution in [-0.2, 0) is 16.0 Å². The first-order chi connectivity index (χ1) is 17.9. The first-order valence-electron chi connectivity index (χ1n) is 12.5. The molecule has 2 unspecified atom stereocenters. The highest BCUT2D eigenvalue weighted by molar-refractivity contribution is 5.81. The second-order valence-corrected chi connectivity index (χ2v) is 9.29. The van der Waals surface area contributed by atoms with Gasteiger partial charge in [-0.25, -0.2) is 4.39 Å². The van der Waals surface area contributed by atoms with Crippen molar-refractivity contribution < 1.29 is 23.5 Å². The Bertz CT molecular complexity index is 1320. The van der Waals surface area contributed by atoms with Gasteiger partial charge in [0.25, 0.3) is 5.56 Å². The fourth-order valence-corrected chi connectivity index (χ4v) is 4.56. The lowest BCUT2D eigenvalue weighted by atomic mass is 10.0. The van der Waals surface area contributed by atoms with Crippen molar-refractivity contribution in [2.45, 2.75) is 58.0 Å². The SMILES string of the molecule is CCCCC(C(=O)NC(CC=O)c1ccc2c(c1)OCO2)n1cc(C)cc(Cc2ccc(F)cc2)c1=O. The molecule has 0 radical (unpaired) electrons. The van der Waals surface area contributed by atoms with Crippen molar-refractivity contribution >= 4 is 12.2 Å². The summed E-state index contributed by atoms with van der Waals surface area (Å²) >= 11 is 0. The molecule has 0 saturated carbocycles. The summed E-state index contributed by atoms with van der Waals surface area (Å²) in [6.07, 6.45) is 4.93. The normalized spacial score (nSPS) is 13.7. The summed E-state index contributed by atoms with van der Waals surface area (Å²) in [5, 5.41) is 2.99. The Hall–Kier alpha value is -3.94. The van der Waals surface area contributed by atoms with Gasteiger partial charge in [-0.05, 0) is 60.4 Å². The topological polar surface area (TPSA) is 86.6 Å². The minimum absolute atomic E-state index is 0.0738. The van der Waals surface area contributed by atoms with Gasteiger partial charge in [0.05, 0.1) is 6.04 Å². The van der Waals surface area contributed by atoms with Crippen LogP contribution in [0.25, 0.3) is 0 Å². The molecule has 7 nitrogen and oxygen atoms in total. The number of nitrogens with one attached hydrogen (secondary N) is 1. The molecular weight excluding hydrogens is 475 g/mol. The van der Waals surface area contributed by atoms with E-state index < -0.39 is 12.1 Å². The molecule has 2 atom stereocenters. The maximum absolute atomic E-state index is 13.6. The summed E-state index contributed by atoms with van der Waals surface area (Å²) in [4.78, 5) is 38.6. The summed E-state index contributed by atoms with van der Waals surface area (Å²) in [5.74, 6) is 0.499. The van der Waals surface area contributed by atoms with Crippen molar-refractivity contribution in [3.63, 3.8) is 0 Å². The minimum atomic E-state index is -0.748. The van der Waals surface area contributed by atoms with E-state index in [0.29, 0.717) is 35.5 Å². The number of fused-ring (bicyclic) bond motifs is 1. The number of aryl methyl sites for hydroxylation is 1. The molecule has 8 heteroatoms. The standard InChI is InChI=1S/C29H31FN2O5/c1-3-4-5-25(28(34)31-24(12-13-33)21-8-11-26-27(16-21)37-18-36-26)32-17-19(2)14-22(29(32)35)15-20-6-9-23(30)10-7-20/h6-11,13-14,16-17,24-25H,3-5,12,15,18H2,1-2H3,(H,31,34). The number of rotatable bonds is 11. The van der Waals surface area contributed by atoms with Crippen molar-refractivity contribution in [1.29, 1.82) is 0 Å². The highest BCUT2D eigenvalue weighted by Crippen LogP contribution is 2.35. The molecule has 1 aliphatic rings. The second-order valence-electron chi connectivity index (χ2n) is 9.29. The van der Waals surface area contributed by atoms with Crippen LogP contribution in [0.1, 0.15) is 66.9 Å². The number of aromatic nitrogens is 1. The number of hydrogen-bond donors (Lipinski definition) is 1. The van der Waals surface area contributed by atoms with Gasteiger partial charge >= 0.3 is 0 Å². The molecule has 194 valence electrons. The molecule has 1 amide bonds. The average Bonchev–Trinajstić information content (AvgIpc) is 3.36. The largest absolute Gasteiger partial charge is 0.454 e. The molecule has 37 heavy (non-hydrogen) atoms. The number of amides is 1. The van der Waals surface area contributed by atoms with Gasteiger partial charge in [-0.2, -0.15) is 0 Å². The summed E-state index contributed by atoms with van der Waals surface area (Å²) in [6.45, 7) is 4.02. The Kier molecular flexibility index (Phi) is 8.38. The van der Waals surface area contributed by atoms with Gasteiger partial charge < -0.3 is 24.2 Å². The van der Waals surface area contributed by atoms with E-state index in [4.69, 9.17) is 9.47 Å². The van der Waals surface area contributed by atoms with Gasteiger partial charge in [-0.3, -0.25) is 9.59 Å². The Morgan fingerprint density at radius 2 is 1.89 bits per heavy atom. The number of hydrogen-bond acceptors (Lipinski definition) is 5. The molecule has 0 bridgehead atoms. The highest BCUT2D eigenvalue weighted by Gasteiger charge is 2.26. The van der Waals surface area contributed by atoms with Crippen molar-refractivity contribution in [1.82, 2.24) is 9.88 Å². The number of benzene rings is 2. The smallest absolute Gasteiger partial charge is 0.254 e. The zero-order valence-electron chi connectivity index (χ0n) is 21.0. The maximum Gasteiger partial charge on any atom is 0.254 e. The first-order valence-corrected chi connectivity index (χ1v) is 12.5. The van der Waals surface area contributed by atoms with Crippen LogP contribution in [0, 0.1) is 12.7 Å². The molecular formula is C29H31FN2O5. The van der Waals surface area contributed by atoms with E-state index in [2.05, 4.69) is 5.32 Å². The molecule has 3 aromatic rings. The van der Waals surface area contributed by atoms with E-state index in [0.717, 1.165) is 30.3 Å². The third kappa shape index (κ3) is 6.25. The van der Waals surface area contributed by atoms with E-state index in [1.54, 1.807) is 42.6 Å². The number of nitrogens with zero attached hydrogens (tertiary/aromatic N) is 1. The van der Waals surface area contributed by atoms with Crippen LogP contribution < -0.4 is 20.3 Å². The molecule has 1 N–H and O–H groups in total. The Labute approximate surface area is 215 Å². The predicted molar refractivity (Wildman–Crippen MR) is 137 cm³/mol. The van der Waals surface area contributed by atoms with Crippen molar-refractivity contribution in [3.8, 4) is 11.5 Å². The van der Waals surface area contributed by atoms with E-state index in [-0.39, 0.29) is 30.5 Å². The second kappa shape index (κ2) is 11.9. The number of ether oxygens (including phenoxy) is 2. The highest BCUT2D eigenvalue weighted by atomic mass is 19.1. The van der Waals surface area contributed by atoms with Crippen LogP contribution in [0.3, 0.4) is 0 Å². The molecule has 0 spiro atoms. The van der Waals surface area contributed by atoms with E-state index >= 15 is 0 Å². The lowest BCUT2D eigenvalue weighted by Crippen LogP contribution is -2.40. The lowest BCUT2D eigenvalue weighted by molar-refractivity contribution is -0.125. The van der Waals surface area contributed by atoms with Crippen LogP contribution in [0.15, 0.2) is 59.5 Å². The number of halogens is 1. The predicted octanol–water partition coefficient (Wildman–Crippen LogP) is 4.79. The molecule has 1 aliphatic heterocycles. The fourth-order valence-electron chi connectivity index (χ4n) is 4.56. The zero-order chi connectivity index (χ0) is 26.4. The average molecular weight is 507 g/mol. The van der Waals surface area contributed by atoms with Crippen molar-refractivity contribution in [2.24, 2.45) is 0 Å². The van der Waals surface area contributed by atoms with Gasteiger partial charge in [-0.15, -0.1) is 0 Å². The molecule has 2 heterocycles. The van der Waals surface area contributed by atoms with Crippen LogP contribution in [0.5, 0.6) is 11.5 Å². The number of unbranched alkanes of at least 4 members (excludes halogenated alkanes) is 1. The third-order valence-corrected chi connectivity index (χ3v) is 6.48. The van der Waals surface area contributed by atoms with E-state index in [1.807, 2.05) is 13.8 Å². The van der Waals surface area contributed by atoms with E-state index in [1.165, 1.54) is 16.7 Å². The molecule has 0 saturated heterocycles. The number of aldehydes is 1. The lowest BCUT2D eigenvalue weighted by Gasteiger charge is -2.24. The third-order valence-electron chi connectivity index (χ3n) is 6.48. The maximum atomic E-state index is 13.6. The van der Waals surface area contributed by atoms with Gasteiger partial charge in [0.15, 0.2) is 11.5 Å². The fraction of sp³-hybridized carbons (Fsp3) is 0.345. The Morgan fingerprint density at radius 1 is 1.14 bits per heavy atom. The minimum Gasteiger partial charge on any atom is -0.454 e. The number of carbonyl (C=O) groups excluding carboxylic acids is 2. The van der Waals surface area contributed by atoms with Crippen LogP contribution in [0.2, 0.25) is 0 Å². The zero-order valence-corrected chi connectivity index (χ0v) is 21.0. The van der Waals surface area contributed by atoms with Crippen LogP contribution in [0.4, 0.5) is 4.39 Å². The van der Waals surface area contributed by atoms with Crippen LogP contribution >= 0.6 is 0 Å². The quantitative estimate of drug-likeness (QED) is 0.378. The summed E-state index contributed by atoms with van der Waals surface area (Å²) < 4.78 is 25.7. The molecule has 0 aliphatic carbocycles. The van der Waals surface area contributed by atoms with Gasteiger partial charge in [0.1, 0.15) is 18.1 Å². The van der Waals surface area contributed by atoms with Crippen molar-refractivity contribution in [2.75, 3.05) is 6.79 Å². The summed E-state index contributed by atoms with van der Waals surface area (Å²) in [6, 6.07) is 11.8. The number of pyridine rings is 1. The van der Waals surface area contributed by atoms with Gasteiger partial charge in [0, 0.05) is 24.6 Å². The molecule has 4 rings (SSSR count). The summed E-state index contributed by atoms with van der Waals surface area (Å²) in [7, 11) is 0. The first kappa shape index (κ1) is 26.1. The molecule has 1 aromatic heterocycles. The Balaban J connectivity index is 1.63. The van der Waals surface area contributed by atoms with Crippen LogP contribution in [-0.4, -0.2) is 23.6 Å². The number of carbonyl (C=O) groups is 2.